The number of hydrogen-bond acceptors (Lipinski definition) is 4. The molecular formula is C14H17BrClNO4. The molecule has 116 valence electrons. The van der Waals surface area contributed by atoms with Crippen molar-refractivity contribution in [3.05, 3.63) is 27.7 Å². The molecule has 2 rings (SSSR count). The molecule has 5 nitrogen and oxygen atoms in total. The molecule has 1 unspecified atom stereocenters. The molecule has 1 atom stereocenters. The highest BCUT2D eigenvalue weighted by atomic mass is 79.9. The zero-order valence-corrected chi connectivity index (χ0v) is 13.8. The van der Waals surface area contributed by atoms with Crippen molar-refractivity contribution in [3.63, 3.8) is 0 Å². The van der Waals surface area contributed by atoms with E-state index in [0.29, 0.717) is 31.4 Å². The van der Waals surface area contributed by atoms with Crippen molar-refractivity contribution in [2.45, 2.75) is 12.5 Å². The number of rotatable bonds is 6. The molecule has 7 heteroatoms. The van der Waals surface area contributed by atoms with Crippen molar-refractivity contribution in [1.29, 1.82) is 0 Å². The Morgan fingerprint density at radius 2 is 2.38 bits per heavy atom. The quantitative estimate of drug-likeness (QED) is 0.825. The Labute approximate surface area is 136 Å². The largest absolute Gasteiger partial charge is 0.491 e. The van der Waals surface area contributed by atoms with Gasteiger partial charge in [0.15, 0.2) is 0 Å². The van der Waals surface area contributed by atoms with Crippen LogP contribution >= 0.6 is 27.5 Å². The summed E-state index contributed by atoms with van der Waals surface area (Å²) < 4.78 is 11.9. The third kappa shape index (κ3) is 5.14. The van der Waals surface area contributed by atoms with Crippen LogP contribution in [0.25, 0.3) is 0 Å². The first kappa shape index (κ1) is 16.5. The summed E-state index contributed by atoms with van der Waals surface area (Å²) in [5, 5.41) is 9.56. The van der Waals surface area contributed by atoms with Crippen LogP contribution in [-0.2, 0) is 9.53 Å². The summed E-state index contributed by atoms with van der Waals surface area (Å²) in [7, 11) is 0. The number of carboxylic acids is 1. The van der Waals surface area contributed by atoms with E-state index < -0.39 is 5.97 Å². The summed E-state index contributed by atoms with van der Waals surface area (Å²) in [6.45, 7) is 2.95. The highest BCUT2D eigenvalue weighted by Gasteiger charge is 2.25. The average molecular weight is 379 g/mol. The van der Waals surface area contributed by atoms with Crippen LogP contribution in [0.3, 0.4) is 0 Å². The molecule has 1 aliphatic heterocycles. The number of benzene rings is 1. The van der Waals surface area contributed by atoms with Crippen molar-refractivity contribution >= 4 is 33.5 Å². The third-order valence-corrected chi connectivity index (χ3v) is 4.14. The molecule has 1 fully saturated rings. The van der Waals surface area contributed by atoms with Crippen LogP contribution in [0, 0.1) is 0 Å². The molecule has 1 aliphatic rings. The van der Waals surface area contributed by atoms with Gasteiger partial charge in [-0.1, -0.05) is 11.6 Å². The molecule has 1 heterocycles. The fourth-order valence-corrected chi connectivity index (χ4v) is 3.04. The minimum absolute atomic E-state index is 0.0879. The first-order valence-electron chi connectivity index (χ1n) is 6.67. The van der Waals surface area contributed by atoms with E-state index in [2.05, 4.69) is 20.8 Å². The van der Waals surface area contributed by atoms with Gasteiger partial charge in [-0.3, -0.25) is 9.69 Å². The smallest absolute Gasteiger partial charge is 0.305 e. The van der Waals surface area contributed by atoms with Crippen LogP contribution in [-0.4, -0.2) is 54.9 Å². The van der Waals surface area contributed by atoms with E-state index in [9.17, 15) is 4.79 Å². The second-order valence-corrected chi connectivity index (χ2v) is 6.08. The van der Waals surface area contributed by atoms with E-state index >= 15 is 0 Å². The average Bonchev–Trinajstić information content (AvgIpc) is 2.42. The maximum Gasteiger partial charge on any atom is 0.305 e. The summed E-state index contributed by atoms with van der Waals surface area (Å²) >= 11 is 9.27. The predicted molar refractivity (Wildman–Crippen MR) is 83.1 cm³/mol. The number of aliphatic carboxylic acids is 1. The molecule has 0 aliphatic carbocycles. The minimum Gasteiger partial charge on any atom is -0.491 e. The van der Waals surface area contributed by atoms with Crippen LogP contribution in [0.5, 0.6) is 5.75 Å². The van der Waals surface area contributed by atoms with Gasteiger partial charge in [0, 0.05) is 24.2 Å². The predicted octanol–water partition coefficient (Wildman–Crippen LogP) is 2.66. The molecule has 1 saturated heterocycles. The normalized spacial score (nSPS) is 19.4. The molecule has 0 spiro atoms. The van der Waals surface area contributed by atoms with Gasteiger partial charge in [-0.2, -0.15) is 0 Å². The molecular weight excluding hydrogens is 362 g/mol. The van der Waals surface area contributed by atoms with Gasteiger partial charge >= 0.3 is 5.97 Å². The SMILES string of the molecule is O=C(O)CC1COCCN1CCOc1ccc(Cl)cc1Br. The third-order valence-electron chi connectivity index (χ3n) is 3.29. The number of nitrogens with zero attached hydrogens (tertiary/aromatic N) is 1. The molecule has 0 bridgehead atoms. The van der Waals surface area contributed by atoms with E-state index in [1.165, 1.54) is 0 Å². The maximum atomic E-state index is 10.9. The van der Waals surface area contributed by atoms with Gasteiger partial charge in [0.2, 0.25) is 0 Å². The van der Waals surface area contributed by atoms with Gasteiger partial charge in [0.05, 0.1) is 24.1 Å². The first-order valence-corrected chi connectivity index (χ1v) is 7.85. The van der Waals surface area contributed by atoms with Crippen LogP contribution in [0.2, 0.25) is 5.02 Å². The molecule has 21 heavy (non-hydrogen) atoms. The van der Waals surface area contributed by atoms with Crippen molar-refractivity contribution in [2.24, 2.45) is 0 Å². The summed E-state index contributed by atoms with van der Waals surface area (Å²) in [6.07, 6.45) is 0.0879. The number of hydrogen-bond donors (Lipinski definition) is 1. The van der Waals surface area contributed by atoms with Crippen LogP contribution in [0.1, 0.15) is 6.42 Å². The van der Waals surface area contributed by atoms with Gasteiger partial charge < -0.3 is 14.6 Å². The Hall–Kier alpha value is -0.820. The summed E-state index contributed by atoms with van der Waals surface area (Å²) in [5.41, 5.74) is 0. The molecule has 0 amide bonds. The van der Waals surface area contributed by atoms with Crippen molar-refractivity contribution in [2.75, 3.05) is 32.9 Å². The van der Waals surface area contributed by atoms with E-state index in [4.69, 9.17) is 26.2 Å². The molecule has 1 aromatic rings. The molecule has 1 N–H and O–H groups in total. The standard InChI is InChI=1S/C14H17BrClNO4/c15-12-7-10(16)1-2-13(12)21-6-4-17-3-5-20-9-11(17)8-14(18)19/h1-2,7,11H,3-6,8-9H2,(H,18,19). The Balaban J connectivity index is 1.84. The van der Waals surface area contributed by atoms with E-state index in [-0.39, 0.29) is 12.5 Å². The zero-order chi connectivity index (χ0) is 15.2. The lowest BCUT2D eigenvalue weighted by atomic mass is 10.1. The number of ether oxygens (including phenoxy) is 2. The minimum atomic E-state index is -0.808. The highest BCUT2D eigenvalue weighted by molar-refractivity contribution is 9.10. The van der Waals surface area contributed by atoms with E-state index in [0.717, 1.165) is 16.8 Å². The van der Waals surface area contributed by atoms with Gasteiger partial charge in [-0.15, -0.1) is 0 Å². The monoisotopic (exact) mass is 377 g/mol. The highest BCUT2D eigenvalue weighted by Crippen LogP contribution is 2.27. The lowest BCUT2D eigenvalue weighted by Crippen LogP contribution is -2.47. The Kier molecular flexibility index (Phi) is 6.29. The lowest BCUT2D eigenvalue weighted by molar-refractivity contribution is -0.140. The second-order valence-electron chi connectivity index (χ2n) is 4.79. The van der Waals surface area contributed by atoms with E-state index in [1.807, 2.05) is 0 Å². The van der Waals surface area contributed by atoms with Crippen LogP contribution in [0.15, 0.2) is 22.7 Å². The Bertz CT molecular complexity index is 500. The summed E-state index contributed by atoms with van der Waals surface area (Å²) in [6, 6.07) is 5.26. The van der Waals surface area contributed by atoms with Crippen LogP contribution < -0.4 is 4.74 Å². The summed E-state index contributed by atoms with van der Waals surface area (Å²) in [5.74, 6) is -0.0840. The second kappa shape index (κ2) is 7.98. The topological polar surface area (TPSA) is 59.0 Å². The van der Waals surface area contributed by atoms with Crippen molar-refractivity contribution in [3.8, 4) is 5.75 Å². The fraction of sp³-hybridized carbons (Fsp3) is 0.500. The number of carboxylic acid groups (broad SMARTS) is 1. The van der Waals surface area contributed by atoms with Crippen molar-refractivity contribution < 1.29 is 19.4 Å². The number of morpholine rings is 1. The molecule has 0 radical (unpaired) electrons. The van der Waals surface area contributed by atoms with E-state index in [1.54, 1.807) is 18.2 Å². The van der Waals surface area contributed by atoms with Crippen molar-refractivity contribution in [1.82, 2.24) is 4.90 Å². The Morgan fingerprint density at radius 1 is 1.57 bits per heavy atom. The Morgan fingerprint density at radius 3 is 3.10 bits per heavy atom. The molecule has 1 aromatic carbocycles. The van der Waals surface area contributed by atoms with Gasteiger partial charge in [-0.25, -0.2) is 0 Å². The zero-order valence-electron chi connectivity index (χ0n) is 11.4. The molecule has 0 aromatic heterocycles. The lowest BCUT2D eigenvalue weighted by Gasteiger charge is -2.34. The van der Waals surface area contributed by atoms with Gasteiger partial charge in [0.25, 0.3) is 0 Å². The van der Waals surface area contributed by atoms with Crippen LogP contribution in [0.4, 0.5) is 0 Å². The molecule has 0 saturated carbocycles. The first-order chi connectivity index (χ1) is 10.1. The fourth-order valence-electron chi connectivity index (χ4n) is 2.24. The van der Waals surface area contributed by atoms with Gasteiger partial charge in [-0.05, 0) is 34.1 Å². The maximum absolute atomic E-state index is 10.9. The number of carbonyl (C=O) groups is 1. The number of halogens is 2. The summed E-state index contributed by atoms with van der Waals surface area (Å²) in [4.78, 5) is 13.0. The van der Waals surface area contributed by atoms with Gasteiger partial charge in [0.1, 0.15) is 12.4 Å².